The highest BCUT2D eigenvalue weighted by molar-refractivity contribution is 5.79. The highest BCUT2D eigenvalue weighted by atomic mass is 16.2. The lowest BCUT2D eigenvalue weighted by molar-refractivity contribution is -0.124. The molecule has 0 aliphatic carbocycles. The average molecular weight is 313 g/mol. The fraction of sp³-hybridized carbons (Fsp3) is 0.579. The number of nitrogens with zero attached hydrogens (tertiary/aromatic N) is 2. The number of amides is 1. The van der Waals surface area contributed by atoms with Crippen molar-refractivity contribution in [3.63, 3.8) is 0 Å². The van der Waals surface area contributed by atoms with Crippen LogP contribution in [0.2, 0.25) is 0 Å². The van der Waals surface area contributed by atoms with E-state index in [0.29, 0.717) is 12.5 Å². The predicted molar refractivity (Wildman–Crippen MR) is 91.9 cm³/mol. The third kappa shape index (κ3) is 4.56. The molecule has 4 nitrogen and oxygen atoms in total. The lowest BCUT2D eigenvalue weighted by Gasteiger charge is -2.33. The molecule has 0 aromatic heterocycles. The molecule has 124 valence electrons. The Morgan fingerprint density at radius 2 is 1.96 bits per heavy atom. The van der Waals surface area contributed by atoms with Crippen LogP contribution < -0.4 is 5.32 Å². The van der Waals surface area contributed by atoms with E-state index in [4.69, 9.17) is 0 Å². The second kappa shape index (κ2) is 7.61. The normalized spacial score (nSPS) is 19.1. The zero-order valence-electron chi connectivity index (χ0n) is 14.4. The fourth-order valence-corrected chi connectivity index (χ4v) is 2.98. The van der Waals surface area contributed by atoms with E-state index in [2.05, 4.69) is 40.6 Å². The predicted octanol–water partition coefficient (Wildman–Crippen LogP) is 2.92. The van der Waals surface area contributed by atoms with E-state index < -0.39 is 5.54 Å². The van der Waals surface area contributed by atoms with E-state index in [-0.39, 0.29) is 11.8 Å². The molecule has 1 unspecified atom stereocenters. The molecule has 1 N–H and O–H groups in total. The maximum Gasteiger partial charge on any atom is 0.235 e. The average Bonchev–Trinajstić information content (AvgIpc) is 2.56. The molecule has 23 heavy (non-hydrogen) atoms. The van der Waals surface area contributed by atoms with Crippen LogP contribution in [0, 0.1) is 17.2 Å². The van der Waals surface area contributed by atoms with Gasteiger partial charge < -0.3 is 5.32 Å². The molecule has 0 saturated carbocycles. The Bertz CT molecular complexity index is 556. The van der Waals surface area contributed by atoms with Crippen LogP contribution in [-0.2, 0) is 4.79 Å². The summed E-state index contributed by atoms with van der Waals surface area (Å²) in [7, 11) is 0. The van der Waals surface area contributed by atoms with Crippen LogP contribution >= 0.6 is 0 Å². The molecule has 0 spiro atoms. The first-order valence-corrected chi connectivity index (χ1v) is 8.44. The van der Waals surface area contributed by atoms with Gasteiger partial charge in [-0.25, -0.2) is 0 Å². The van der Waals surface area contributed by atoms with Crippen LogP contribution in [0.5, 0.6) is 0 Å². The van der Waals surface area contributed by atoms with Crippen molar-refractivity contribution in [1.82, 2.24) is 10.2 Å². The van der Waals surface area contributed by atoms with Crippen LogP contribution in [0.25, 0.3) is 0 Å². The molecular formula is C19H27N3O. The van der Waals surface area contributed by atoms with Gasteiger partial charge in [-0.15, -0.1) is 0 Å². The Balaban J connectivity index is 1.82. The molecule has 0 bridgehead atoms. The summed E-state index contributed by atoms with van der Waals surface area (Å²) in [6.07, 6.45) is 2.16. The molecular weight excluding hydrogens is 286 g/mol. The lowest BCUT2D eigenvalue weighted by atomic mass is 9.89. The van der Waals surface area contributed by atoms with Crippen LogP contribution in [0.15, 0.2) is 30.3 Å². The number of nitriles is 1. The summed E-state index contributed by atoms with van der Waals surface area (Å²) in [5.41, 5.74) is 0.605. The highest BCUT2D eigenvalue weighted by Gasteiger charge is 2.31. The summed E-state index contributed by atoms with van der Waals surface area (Å²) in [6.45, 7) is 7.93. The lowest BCUT2D eigenvalue weighted by Crippen LogP contribution is -2.52. The maximum atomic E-state index is 12.2. The van der Waals surface area contributed by atoms with Crippen LogP contribution in [-0.4, -0.2) is 36.0 Å². The Morgan fingerprint density at radius 3 is 2.48 bits per heavy atom. The molecule has 1 saturated heterocycles. The summed E-state index contributed by atoms with van der Waals surface area (Å²) >= 11 is 0. The zero-order chi connectivity index (χ0) is 16.9. The van der Waals surface area contributed by atoms with Gasteiger partial charge in [0.25, 0.3) is 0 Å². The molecule has 1 aliphatic heterocycles. The van der Waals surface area contributed by atoms with Gasteiger partial charge in [0, 0.05) is 0 Å². The number of benzene rings is 1. The number of carbonyl (C=O) groups is 1. The minimum absolute atomic E-state index is 0.0547. The van der Waals surface area contributed by atoms with Crippen molar-refractivity contribution in [2.24, 2.45) is 5.92 Å². The number of likely N-dealkylation sites (tertiary alicyclic amines) is 1. The van der Waals surface area contributed by atoms with Gasteiger partial charge >= 0.3 is 0 Å². The minimum atomic E-state index is -0.792. The van der Waals surface area contributed by atoms with E-state index in [1.54, 1.807) is 6.92 Å². The summed E-state index contributed by atoms with van der Waals surface area (Å²) in [6, 6.07) is 12.8. The third-order valence-electron chi connectivity index (χ3n) is 5.01. The van der Waals surface area contributed by atoms with E-state index in [1.165, 1.54) is 5.56 Å². The standard InChI is InChI=1S/C19H27N3O/c1-15(2)19(3,14-20)21-18(23)13-22-11-9-17(10-12-22)16-7-5-4-6-8-16/h4-8,15,17H,9-13H2,1-3H3,(H,21,23). The molecule has 1 aliphatic rings. The Hall–Kier alpha value is -1.86. The Morgan fingerprint density at radius 1 is 1.35 bits per heavy atom. The van der Waals surface area contributed by atoms with Crippen molar-refractivity contribution >= 4 is 5.91 Å². The molecule has 1 aromatic carbocycles. The monoisotopic (exact) mass is 313 g/mol. The molecule has 0 radical (unpaired) electrons. The maximum absolute atomic E-state index is 12.2. The molecule has 1 amide bonds. The van der Waals surface area contributed by atoms with Gasteiger partial charge in [0.1, 0.15) is 5.54 Å². The quantitative estimate of drug-likeness (QED) is 0.909. The molecule has 1 atom stereocenters. The van der Waals surface area contributed by atoms with Gasteiger partial charge in [0.2, 0.25) is 5.91 Å². The summed E-state index contributed by atoms with van der Waals surface area (Å²) in [4.78, 5) is 14.4. The first-order valence-electron chi connectivity index (χ1n) is 8.44. The van der Waals surface area contributed by atoms with Crippen LogP contribution in [0.1, 0.15) is 45.1 Å². The SMILES string of the molecule is CC(C)C(C)(C#N)NC(=O)CN1CCC(c2ccccc2)CC1. The van der Waals surface area contributed by atoms with Gasteiger partial charge in [0.15, 0.2) is 0 Å². The number of rotatable bonds is 5. The second-order valence-corrected chi connectivity index (χ2v) is 6.98. The Kier molecular flexibility index (Phi) is 5.79. The van der Waals surface area contributed by atoms with E-state index in [1.807, 2.05) is 19.9 Å². The van der Waals surface area contributed by atoms with Crippen molar-refractivity contribution < 1.29 is 4.79 Å². The van der Waals surface area contributed by atoms with Crippen molar-refractivity contribution in [2.45, 2.75) is 45.1 Å². The van der Waals surface area contributed by atoms with E-state index in [0.717, 1.165) is 25.9 Å². The summed E-state index contributed by atoms with van der Waals surface area (Å²) < 4.78 is 0. The van der Waals surface area contributed by atoms with Crippen molar-refractivity contribution in [2.75, 3.05) is 19.6 Å². The third-order valence-corrected chi connectivity index (χ3v) is 5.01. The highest BCUT2D eigenvalue weighted by Crippen LogP contribution is 2.27. The van der Waals surface area contributed by atoms with Crippen molar-refractivity contribution in [3.8, 4) is 6.07 Å². The van der Waals surface area contributed by atoms with Gasteiger partial charge in [-0.3, -0.25) is 9.69 Å². The van der Waals surface area contributed by atoms with E-state index in [9.17, 15) is 10.1 Å². The van der Waals surface area contributed by atoms with Gasteiger partial charge in [-0.2, -0.15) is 5.26 Å². The van der Waals surface area contributed by atoms with Gasteiger partial charge in [-0.05, 0) is 50.3 Å². The van der Waals surface area contributed by atoms with Gasteiger partial charge in [-0.1, -0.05) is 44.2 Å². The minimum Gasteiger partial charge on any atom is -0.337 e. The number of piperidine rings is 1. The number of hydrogen-bond acceptors (Lipinski definition) is 3. The van der Waals surface area contributed by atoms with Crippen LogP contribution in [0.3, 0.4) is 0 Å². The molecule has 4 heteroatoms. The fourth-order valence-electron chi connectivity index (χ4n) is 2.98. The van der Waals surface area contributed by atoms with Crippen LogP contribution in [0.4, 0.5) is 0 Å². The largest absolute Gasteiger partial charge is 0.337 e. The van der Waals surface area contributed by atoms with Gasteiger partial charge in [0.05, 0.1) is 12.6 Å². The first-order chi connectivity index (χ1) is 10.9. The number of hydrogen-bond donors (Lipinski definition) is 1. The molecule has 1 fully saturated rings. The number of carbonyl (C=O) groups excluding carboxylic acids is 1. The van der Waals surface area contributed by atoms with Crippen molar-refractivity contribution in [1.29, 1.82) is 5.26 Å². The zero-order valence-corrected chi connectivity index (χ0v) is 14.4. The Labute approximate surface area is 139 Å². The number of nitrogens with one attached hydrogen (secondary N) is 1. The summed E-state index contributed by atoms with van der Waals surface area (Å²) in [5, 5.41) is 12.2. The summed E-state index contributed by atoms with van der Waals surface area (Å²) in [5.74, 6) is 0.622. The molecule has 2 rings (SSSR count). The van der Waals surface area contributed by atoms with E-state index >= 15 is 0 Å². The second-order valence-electron chi connectivity index (χ2n) is 6.98. The topological polar surface area (TPSA) is 56.1 Å². The van der Waals surface area contributed by atoms with Crippen molar-refractivity contribution in [3.05, 3.63) is 35.9 Å². The molecule has 1 heterocycles. The first kappa shape index (κ1) is 17.5. The molecule has 1 aromatic rings. The smallest absolute Gasteiger partial charge is 0.235 e.